The molecule has 0 spiro atoms. The number of hydrazine groups is 1. The first-order chi connectivity index (χ1) is 12.2. The second-order valence-corrected chi connectivity index (χ2v) is 4.57. The molecule has 7 nitrogen and oxygen atoms in total. The summed E-state index contributed by atoms with van der Waals surface area (Å²) in [7, 11) is 1.62. The standard InChI is InChI=1S/C16H16N6O.C2H2/c1-19-15(22-18)12-3-2-4-14(9-12)21-16(23)20-13-7-5-11(10-17)6-8-13;1-2/h2-9H,18H2,1H3,(H,19,22)(H2,20,21,23);1-2H. The minimum atomic E-state index is -0.387. The number of amidine groups is 1. The molecule has 126 valence electrons. The van der Waals surface area contributed by atoms with Gasteiger partial charge in [0.15, 0.2) is 0 Å². The predicted molar refractivity (Wildman–Crippen MR) is 99.9 cm³/mol. The van der Waals surface area contributed by atoms with E-state index in [0.29, 0.717) is 22.8 Å². The Labute approximate surface area is 146 Å². The lowest BCUT2D eigenvalue weighted by atomic mass is 10.2. The molecule has 0 aliphatic heterocycles. The molecule has 0 aliphatic rings. The van der Waals surface area contributed by atoms with Crippen LogP contribution < -0.4 is 21.9 Å². The van der Waals surface area contributed by atoms with Gasteiger partial charge in [0.25, 0.3) is 0 Å². The summed E-state index contributed by atoms with van der Waals surface area (Å²) in [5.74, 6) is 5.90. The molecule has 25 heavy (non-hydrogen) atoms. The van der Waals surface area contributed by atoms with Crippen LogP contribution in [0, 0.1) is 24.2 Å². The van der Waals surface area contributed by atoms with E-state index in [1.165, 1.54) is 0 Å². The lowest BCUT2D eigenvalue weighted by molar-refractivity contribution is 0.262. The number of carbonyl (C=O) groups is 1. The summed E-state index contributed by atoms with van der Waals surface area (Å²) < 4.78 is 0. The van der Waals surface area contributed by atoms with Crippen molar-refractivity contribution in [2.45, 2.75) is 0 Å². The summed E-state index contributed by atoms with van der Waals surface area (Å²) in [6, 6.07) is 15.3. The Kier molecular flexibility index (Phi) is 7.74. The lowest BCUT2D eigenvalue weighted by Crippen LogP contribution is -2.31. The number of nitrogens with one attached hydrogen (secondary N) is 3. The number of nitrogens with zero attached hydrogens (tertiary/aromatic N) is 2. The molecule has 2 aromatic carbocycles. The van der Waals surface area contributed by atoms with E-state index in [2.05, 4.69) is 33.9 Å². The van der Waals surface area contributed by atoms with Gasteiger partial charge in [-0.05, 0) is 36.4 Å². The van der Waals surface area contributed by atoms with Gasteiger partial charge in [0.05, 0.1) is 11.6 Å². The van der Waals surface area contributed by atoms with E-state index in [4.69, 9.17) is 11.1 Å². The third-order valence-corrected chi connectivity index (χ3v) is 3.03. The molecule has 0 aliphatic carbocycles. The second kappa shape index (κ2) is 10.1. The lowest BCUT2D eigenvalue weighted by Gasteiger charge is -2.10. The Hall–Kier alpha value is -3.81. The van der Waals surface area contributed by atoms with Crippen LogP contribution in [0.15, 0.2) is 53.5 Å². The van der Waals surface area contributed by atoms with E-state index in [1.807, 2.05) is 12.1 Å². The van der Waals surface area contributed by atoms with Gasteiger partial charge in [0.2, 0.25) is 0 Å². The van der Waals surface area contributed by atoms with Crippen LogP contribution in [0.2, 0.25) is 0 Å². The topological polar surface area (TPSA) is 115 Å². The van der Waals surface area contributed by atoms with E-state index in [1.54, 1.807) is 49.5 Å². The first-order valence-corrected chi connectivity index (χ1v) is 7.11. The number of nitriles is 1. The SMILES string of the molecule is C#C.CN=C(NN)c1cccc(NC(=O)Nc2ccc(C#N)cc2)c1. The molecule has 0 radical (unpaired) electrons. The fourth-order valence-electron chi connectivity index (χ4n) is 1.94. The van der Waals surface area contributed by atoms with E-state index in [9.17, 15) is 4.79 Å². The number of terminal acetylenes is 1. The van der Waals surface area contributed by atoms with Crippen LogP contribution in [0.3, 0.4) is 0 Å². The molecule has 0 fully saturated rings. The largest absolute Gasteiger partial charge is 0.323 e. The van der Waals surface area contributed by atoms with Crippen LogP contribution in [0.5, 0.6) is 0 Å². The van der Waals surface area contributed by atoms with E-state index in [-0.39, 0.29) is 6.03 Å². The molecular weight excluding hydrogens is 316 g/mol. The summed E-state index contributed by atoms with van der Waals surface area (Å²) >= 11 is 0. The zero-order valence-corrected chi connectivity index (χ0v) is 13.7. The average molecular weight is 334 g/mol. The predicted octanol–water partition coefficient (Wildman–Crippen LogP) is 2.29. The Balaban J connectivity index is 0.00000151. The zero-order chi connectivity index (χ0) is 18.7. The third-order valence-electron chi connectivity index (χ3n) is 3.03. The maximum Gasteiger partial charge on any atom is 0.323 e. The zero-order valence-electron chi connectivity index (χ0n) is 13.7. The highest BCUT2D eigenvalue weighted by Crippen LogP contribution is 2.13. The van der Waals surface area contributed by atoms with E-state index >= 15 is 0 Å². The molecule has 0 saturated heterocycles. The van der Waals surface area contributed by atoms with Crippen LogP contribution in [-0.4, -0.2) is 18.9 Å². The molecule has 2 aromatic rings. The second-order valence-electron chi connectivity index (χ2n) is 4.57. The van der Waals surface area contributed by atoms with Crippen LogP contribution in [0.25, 0.3) is 0 Å². The van der Waals surface area contributed by atoms with Crippen molar-refractivity contribution in [3.63, 3.8) is 0 Å². The number of rotatable bonds is 3. The quantitative estimate of drug-likeness (QED) is 0.227. The number of nitrogens with two attached hydrogens (primary N) is 1. The van der Waals surface area contributed by atoms with Crippen molar-refractivity contribution in [3.05, 3.63) is 59.7 Å². The molecule has 0 unspecified atom stereocenters. The molecule has 2 amide bonds. The molecule has 0 heterocycles. The van der Waals surface area contributed by atoms with Crippen molar-refractivity contribution in [1.82, 2.24) is 5.43 Å². The summed E-state index contributed by atoms with van der Waals surface area (Å²) in [6.45, 7) is 0. The summed E-state index contributed by atoms with van der Waals surface area (Å²) in [5.41, 5.74) is 4.98. The van der Waals surface area contributed by atoms with Gasteiger partial charge >= 0.3 is 6.03 Å². The molecule has 5 N–H and O–H groups in total. The highest BCUT2D eigenvalue weighted by molar-refractivity contribution is 6.02. The van der Waals surface area contributed by atoms with Crippen molar-refractivity contribution in [2.75, 3.05) is 17.7 Å². The fraction of sp³-hybridized carbons (Fsp3) is 0.0556. The van der Waals surface area contributed by atoms with Crippen LogP contribution >= 0.6 is 0 Å². The molecular formula is C18H18N6O. The maximum atomic E-state index is 12.0. The molecule has 0 aromatic heterocycles. The third kappa shape index (κ3) is 5.71. The van der Waals surface area contributed by atoms with Gasteiger partial charge in [-0.3, -0.25) is 4.99 Å². The Morgan fingerprint density at radius 1 is 1.12 bits per heavy atom. The first-order valence-electron chi connectivity index (χ1n) is 7.11. The Bertz CT molecular complexity index is 802. The van der Waals surface area contributed by atoms with Gasteiger partial charge in [-0.15, -0.1) is 12.8 Å². The fourth-order valence-corrected chi connectivity index (χ4v) is 1.94. The normalized spacial score (nSPS) is 9.80. The molecule has 7 heteroatoms. The number of aliphatic imine (C=N–C) groups is 1. The molecule has 2 rings (SSSR count). The summed E-state index contributed by atoms with van der Waals surface area (Å²) in [6.07, 6.45) is 8.00. The smallest absolute Gasteiger partial charge is 0.308 e. The number of carbonyl (C=O) groups excluding carboxylic acids is 1. The van der Waals surface area contributed by atoms with Crippen molar-refractivity contribution in [3.8, 4) is 18.9 Å². The number of hydrogen-bond donors (Lipinski definition) is 4. The molecule has 0 saturated carbocycles. The number of amides is 2. The summed E-state index contributed by atoms with van der Waals surface area (Å²) in [5, 5.41) is 14.2. The maximum absolute atomic E-state index is 12.0. The van der Waals surface area contributed by atoms with Crippen LogP contribution in [0.1, 0.15) is 11.1 Å². The van der Waals surface area contributed by atoms with Gasteiger partial charge in [-0.25, -0.2) is 10.6 Å². The Morgan fingerprint density at radius 3 is 2.32 bits per heavy atom. The minimum Gasteiger partial charge on any atom is -0.308 e. The van der Waals surface area contributed by atoms with Gasteiger partial charge in [0, 0.05) is 24.0 Å². The minimum absolute atomic E-state index is 0.387. The van der Waals surface area contributed by atoms with Crippen molar-refractivity contribution >= 4 is 23.2 Å². The molecule has 0 bridgehead atoms. The van der Waals surface area contributed by atoms with Gasteiger partial charge in [-0.1, -0.05) is 12.1 Å². The van der Waals surface area contributed by atoms with Gasteiger partial charge < -0.3 is 16.1 Å². The van der Waals surface area contributed by atoms with Gasteiger partial charge in [-0.2, -0.15) is 5.26 Å². The number of hydrogen-bond acceptors (Lipinski definition) is 4. The monoisotopic (exact) mass is 334 g/mol. The number of anilines is 2. The average Bonchev–Trinajstić information content (AvgIpc) is 2.65. The summed E-state index contributed by atoms with van der Waals surface area (Å²) in [4.78, 5) is 16.0. The van der Waals surface area contributed by atoms with Crippen molar-refractivity contribution in [2.24, 2.45) is 10.8 Å². The van der Waals surface area contributed by atoms with E-state index in [0.717, 1.165) is 5.56 Å². The van der Waals surface area contributed by atoms with Crippen molar-refractivity contribution < 1.29 is 4.79 Å². The first kappa shape index (κ1) is 19.2. The van der Waals surface area contributed by atoms with Crippen LogP contribution in [-0.2, 0) is 0 Å². The van der Waals surface area contributed by atoms with E-state index < -0.39 is 0 Å². The van der Waals surface area contributed by atoms with Crippen molar-refractivity contribution in [1.29, 1.82) is 5.26 Å². The van der Waals surface area contributed by atoms with Gasteiger partial charge in [0.1, 0.15) is 5.84 Å². The highest BCUT2D eigenvalue weighted by Gasteiger charge is 2.05. The number of benzene rings is 2. The number of urea groups is 1. The highest BCUT2D eigenvalue weighted by atomic mass is 16.2. The molecule has 0 atom stereocenters. The van der Waals surface area contributed by atoms with Crippen LogP contribution in [0.4, 0.5) is 16.2 Å². The Morgan fingerprint density at radius 2 is 1.76 bits per heavy atom.